The van der Waals surface area contributed by atoms with Gasteiger partial charge >= 0.3 is 10.1 Å². The van der Waals surface area contributed by atoms with E-state index in [1.807, 2.05) is 13.0 Å². The molecule has 0 saturated heterocycles. The van der Waals surface area contributed by atoms with E-state index in [1.165, 1.54) is 22.3 Å². The Hall–Kier alpha value is -1.85. The Labute approximate surface area is 207 Å². The summed E-state index contributed by atoms with van der Waals surface area (Å²) in [5, 5.41) is 10.8. The Morgan fingerprint density at radius 3 is 1.85 bits per heavy atom. The Kier molecular flexibility index (Phi) is 9.40. The van der Waals surface area contributed by atoms with Gasteiger partial charge in [0.15, 0.2) is 0 Å². The van der Waals surface area contributed by atoms with Gasteiger partial charge in [-0.2, -0.15) is 8.42 Å². The summed E-state index contributed by atoms with van der Waals surface area (Å²) < 4.78 is 28.3. The molecule has 0 radical (unpaired) electrons. The largest absolute Gasteiger partial charge is 0.390 e. The van der Waals surface area contributed by atoms with Gasteiger partial charge in [0.2, 0.25) is 0 Å². The van der Waals surface area contributed by atoms with Crippen molar-refractivity contribution >= 4 is 10.1 Å². The van der Waals surface area contributed by atoms with E-state index in [4.69, 9.17) is 4.18 Å². The minimum Gasteiger partial charge on any atom is -0.390 e. The number of rotatable bonds is 12. The smallest absolute Gasteiger partial charge is 0.306 e. The molecular formula is C29H44O4S. The highest BCUT2D eigenvalue weighted by Gasteiger charge is 2.32. The monoisotopic (exact) mass is 488 g/mol. The summed E-state index contributed by atoms with van der Waals surface area (Å²) in [4.78, 5) is 0. The molecule has 5 heteroatoms. The lowest BCUT2D eigenvalue weighted by atomic mass is 9.69. The number of hydrogen-bond donors (Lipinski definition) is 1. The van der Waals surface area contributed by atoms with Crippen LogP contribution in [-0.4, -0.2) is 25.4 Å². The molecule has 1 N–H and O–H groups in total. The van der Waals surface area contributed by atoms with Gasteiger partial charge < -0.3 is 9.29 Å². The van der Waals surface area contributed by atoms with Crippen LogP contribution in [0.3, 0.4) is 0 Å². The molecule has 0 aromatic heterocycles. The van der Waals surface area contributed by atoms with E-state index in [1.54, 1.807) is 6.07 Å². The van der Waals surface area contributed by atoms with Crippen LogP contribution in [0.15, 0.2) is 36.4 Å². The van der Waals surface area contributed by atoms with Crippen LogP contribution in [0.2, 0.25) is 0 Å². The van der Waals surface area contributed by atoms with E-state index in [2.05, 4.69) is 65.8 Å². The molecule has 1 unspecified atom stereocenters. The van der Waals surface area contributed by atoms with E-state index in [-0.39, 0.29) is 11.3 Å². The second kappa shape index (κ2) is 11.3. The van der Waals surface area contributed by atoms with Crippen molar-refractivity contribution in [3.63, 3.8) is 0 Å². The van der Waals surface area contributed by atoms with Crippen LogP contribution < -0.4 is 4.18 Å². The summed E-state index contributed by atoms with van der Waals surface area (Å²) in [6, 6.07) is 12.7. The van der Waals surface area contributed by atoms with Crippen molar-refractivity contribution in [2.24, 2.45) is 5.92 Å². The third kappa shape index (κ3) is 6.23. The molecule has 0 saturated carbocycles. The average molecular weight is 489 g/mol. The van der Waals surface area contributed by atoms with Gasteiger partial charge in [-0.25, -0.2) is 0 Å². The van der Waals surface area contributed by atoms with Gasteiger partial charge in [0.1, 0.15) is 5.75 Å². The molecule has 0 aliphatic heterocycles. The number of benzene rings is 2. The predicted octanol–water partition coefficient (Wildman–Crippen LogP) is 6.87. The molecule has 0 spiro atoms. The molecule has 0 fully saturated rings. The van der Waals surface area contributed by atoms with Crippen LogP contribution in [0.1, 0.15) is 94.5 Å². The molecule has 4 nitrogen and oxygen atoms in total. The fourth-order valence-electron chi connectivity index (χ4n) is 5.30. The summed E-state index contributed by atoms with van der Waals surface area (Å²) in [6.07, 6.45) is 6.43. The van der Waals surface area contributed by atoms with E-state index in [0.29, 0.717) is 5.75 Å². The molecule has 190 valence electrons. The molecule has 34 heavy (non-hydrogen) atoms. The second-order valence-electron chi connectivity index (χ2n) is 9.95. The molecule has 0 bridgehead atoms. The zero-order valence-electron chi connectivity index (χ0n) is 22.4. The number of hydrogen-bond acceptors (Lipinski definition) is 4. The standard InChI is InChI=1S/C29H44O4S/c1-9-28(10-2,26-17-18-27(22(6)20-26)33-34(8,31)32)25-16-15-24(21(5)19-25)14-13-23(7)29(30,11-3)12-4/h15-20,23,30H,9-14H2,1-8H3. The maximum atomic E-state index is 11.6. The number of aliphatic hydroxyl groups is 1. The SMILES string of the molecule is CCC(CC)(c1ccc(CCC(C)C(O)(CC)CC)c(C)c1)c1ccc(OS(C)(=O)=O)c(C)c1. The first kappa shape index (κ1) is 28.4. The van der Waals surface area contributed by atoms with E-state index in [9.17, 15) is 13.5 Å². The maximum Gasteiger partial charge on any atom is 0.306 e. The summed E-state index contributed by atoms with van der Waals surface area (Å²) in [7, 11) is -3.56. The lowest BCUT2D eigenvalue weighted by molar-refractivity contribution is -0.0219. The van der Waals surface area contributed by atoms with E-state index in [0.717, 1.165) is 50.3 Å². The molecule has 1 atom stereocenters. The average Bonchev–Trinajstić information content (AvgIpc) is 2.79. The molecule has 0 aliphatic rings. The van der Waals surface area contributed by atoms with Gasteiger partial charge in [-0.05, 0) is 92.2 Å². The highest BCUT2D eigenvalue weighted by atomic mass is 32.2. The molecule has 2 rings (SSSR count). The molecular weight excluding hydrogens is 444 g/mol. The van der Waals surface area contributed by atoms with Crippen molar-refractivity contribution in [2.75, 3.05) is 6.26 Å². The van der Waals surface area contributed by atoms with Crippen LogP contribution in [0.25, 0.3) is 0 Å². The van der Waals surface area contributed by atoms with Crippen LogP contribution in [0.5, 0.6) is 5.75 Å². The van der Waals surface area contributed by atoms with Crippen LogP contribution in [-0.2, 0) is 22.0 Å². The van der Waals surface area contributed by atoms with Gasteiger partial charge in [0.25, 0.3) is 0 Å². The zero-order chi connectivity index (χ0) is 25.7. The third-order valence-electron chi connectivity index (χ3n) is 8.06. The number of aryl methyl sites for hydroxylation is 3. The molecule has 2 aromatic carbocycles. The highest BCUT2D eigenvalue weighted by Crippen LogP contribution is 2.41. The summed E-state index contributed by atoms with van der Waals surface area (Å²) in [5.41, 5.74) is 5.14. The van der Waals surface area contributed by atoms with Crippen molar-refractivity contribution in [1.82, 2.24) is 0 Å². The Bertz CT molecular complexity index is 1060. The van der Waals surface area contributed by atoms with Gasteiger partial charge in [-0.3, -0.25) is 0 Å². The van der Waals surface area contributed by atoms with Crippen molar-refractivity contribution < 1.29 is 17.7 Å². The van der Waals surface area contributed by atoms with Crippen LogP contribution in [0.4, 0.5) is 0 Å². The van der Waals surface area contributed by atoms with Crippen LogP contribution >= 0.6 is 0 Å². The van der Waals surface area contributed by atoms with Crippen LogP contribution in [0, 0.1) is 19.8 Å². The molecule has 2 aromatic rings. The van der Waals surface area contributed by atoms with Crippen molar-refractivity contribution in [3.8, 4) is 5.75 Å². The second-order valence-corrected chi connectivity index (χ2v) is 11.5. The third-order valence-corrected chi connectivity index (χ3v) is 8.54. The van der Waals surface area contributed by atoms with Crippen molar-refractivity contribution in [1.29, 1.82) is 0 Å². The lowest BCUT2D eigenvalue weighted by Crippen LogP contribution is -2.35. The molecule has 0 aliphatic carbocycles. The van der Waals surface area contributed by atoms with E-state index >= 15 is 0 Å². The van der Waals surface area contributed by atoms with Crippen molar-refractivity contribution in [3.05, 3.63) is 64.2 Å². The Morgan fingerprint density at radius 2 is 1.41 bits per heavy atom. The first-order valence-corrected chi connectivity index (χ1v) is 14.5. The Morgan fingerprint density at radius 1 is 0.882 bits per heavy atom. The maximum absolute atomic E-state index is 11.6. The fourth-order valence-corrected chi connectivity index (χ4v) is 5.81. The molecule has 0 heterocycles. The highest BCUT2D eigenvalue weighted by molar-refractivity contribution is 7.86. The fraction of sp³-hybridized carbons (Fsp3) is 0.586. The van der Waals surface area contributed by atoms with Gasteiger partial charge in [0.05, 0.1) is 11.9 Å². The summed E-state index contributed by atoms with van der Waals surface area (Å²) in [6.45, 7) is 14.8. The lowest BCUT2D eigenvalue weighted by Gasteiger charge is -2.34. The van der Waals surface area contributed by atoms with Crippen molar-refractivity contribution in [2.45, 2.75) is 98.0 Å². The van der Waals surface area contributed by atoms with Gasteiger partial charge in [-0.15, -0.1) is 0 Å². The summed E-state index contributed by atoms with van der Waals surface area (Å²) in [5.74, 6) is 0.634. The van der Waals surface area contributed by atoms with E-state index < -0.39 is 15.7 Å². The normalized spacial score (nSPS) is 13.7. The first-order chi connectivity index (χ1) is 15.9. The first-order valence-electron chi connectivity index (χ1n) is 12.7. The van der Waals surface area contributed by atoms with Gasteiger partial charge in [-0.1, -0.05) is 65.0 Å². The minimum absolute atomic E-state index is 0.157. The summed E-state index contributed by atoms with van der Waals surface area (Å²) >= 11 is 0. The zero-order valence-corrected chi connectivity index (χ0v) is 23.2. The topological polar surface area (TPSA) is 63.6 Å². The quantitative estimate of drug-likeness (QED) is 0.331. The predicted molar refractivity (Wildman–Crippen MR) is 142 cm³/mol. The van der Waals surface area contributed by atoms with Gasteiger partial charge in [0, 0.05) is 5.41 Å². The molecule has 0 amide bonds. The minimum atomic E-state index is -3.56. The Balaban J connectivity index is 2.36.